The second-order valence-corrected chi connectivity index (χ2v) is 7.77. The second-order valence-electron chi connectivity index (χ2n) is 6.83. The van der Waals surface area contributed by atoms with Gasteiger partial charge in [0.15, 0.2) is 11.0 Å². The average Bonchev–Trinajstić information content (AvgIpc) is 3.27. The first kappa shape index (κ1) is 24.8. The van der Waals surface area contributed by atoms with E-state index in [1.165, 1.54) is 44.2 Å². The van der Waals surface area contributed by atoms with Crippen LogP contribution in [0.25, 0.3) is 0 Å². The van der Waals surface area contributed by atoms with Crippen LogP contribution in [0.4, 0.5) is 5.69 Å². The number of anilines is 1. The highest BCUT2D eigenvalue weighted by Gasteiger charge is 2.19. The molecule has 11 heteroatoms. The van der Waals surface area contributed by atoms with Gasteiger partial charge in [-0.25, -0.2) is 9.59 Å². The predicted molar refractivity (Wildman–Crippen MR) is 125 cm³/mol. The van der Waals surface area contributed by atoms with Crippen molar-refractivity contribution in [2.24, 2.45) is 0 Å². The number of ether oxygens (including phenoxy) is 3. The van der Waals surface area contributed by atoms with Gasteiger partial charge < -0.3 is 24.1 Å². The molecule has 1 amide bonds. The zero-order valence-corrected chi connectivity index (χ0v) is 19.8. The number of methoxy groups -OCH3 is 2. The molecule has 2 aromatic carbocycles. The van der Waals surface area contributed by atoms with E-state index in [2.05, 4.69) is 15.5 Å². The zero-order chi connectivity index (χ0) is 24.5. The van der Waals surface area contributed by atoms with Crippen molar-refractivity contribution in [1.82, 2.24) is 14.8 Å². The van der Waals surface area contributed by atoms with Crippen molar-refractivity contribution in [2.45, 2.75) is 25.2 Å². The molecule has 1 N–H and O–H groups in total. The van der Waals surface area contributed by atoms with E-state index < -0.39 is 17.8 Å². The Kier molecular flexibility index (Phi) is 8.63. The van der Waals surface area contributed by atoms with Crippen LogP contribution in [-0.2, 0) is 27.4 Å². The predicted octanol–water partition coefficient (Wildman–Crippen LogP) is 3.18. The highest BCUT2D eigenvalue weighted by atomic mass is 32.2. The van der Waals surface area contributed by atoms with Gasteiger partial charge in [-0.15, -0.1) is 10.2 Å². The van der Waals surface area contributed by atoms with Crippen LogP contribution in [0.2, 0.25) is 0 Å². The number of carbonyl (C=O) groups is 3. The Labute approximate surface area is 200 Å². The topological polar surface area (TPSA) is 122 Å². The number of aromatic nitrogens is 3. The minimum atomic E-state index is -0.645. The molecule has 0 radical (unpaired) electrons. The van der Waals surface area contributed by atoms with E-state index in [0.717, 1.165) is 5.75 Å². The van der Waals surface area contributed by atoms with Crippen molar-refractivity contribution in [3.8, 4) is 5.75 Å². The van der Waals surface area contributed by atoms with E-state index in [1.807, 2.05) is 41.8 Å². The lowest BCUT2D eigenvalue weighted by atomic mass is 10.1. The molecule has 0 fully saturated rings. The number of amides is 1. The molecule has 0 spiro atoms. The molecule has 10 nitrogen and oxygen atoms in total. The fourth-order valence-corrected chi connectivity index (χ4v) is 3.83. The minimum absolute atomic E-state index is 0.000734. The summed E-state index contributed by atoms with van der Waals surface area (Å²) in [5, 5.41) is 11.6. The molecule has 0 aliphatic heterocycles. The number of hydrogen-bond donors (Lipinski definition) is 1. The second kappa shape index (κ2) is 11.8. The maximum absolute atomic E-state index is 12.6. The fourth-order valence-electron chi connectivity index (χ4n) is 3.01. The Hall–Kier alpha value is -3.86. The fraction of sp³-hybridized carbons (Fsp3) is 0.261. The van der Waals surface area contributed by atoms with E-state index in [1.54, 1.807) is 0 Å². The van der Waals surface area contributed by atoms with Gasteiger partial charge in [0.25, 0.3) is 0 Å². The molecular weight excluding hydrogens is 460 g/mol. The van der Waals surface area contributed by atoms with Gasteiger partial charge in [0.2, 0.25) is 5.91 Å². The molecule has 0 bridgehead atoms. The van der Waals surface area contributed by atoms with E-state index in [4.69, 9.17) is 14.2 Å². The van der Waals surface area contributed by atoms with Gasteiger partial charge in [0.1, 0.15) is 12.4 Å². The quantitative estimate of drug-likeness (QED) is 0.341. The summed E-state index contributed by atoms with van der Waals surface area (Å²) >= 11 is 1.19. The van der Waals surface area contributed by atoms with Gasteiger partial charge in [0, 0.05) is 6.54 Å². The number of nitrogens with one attached hydrogen (secondary N) is 1. The number of hydrogen-bond acceptors (Lipinski definition) is 9. The smallest absolute Gasteiger partial charge is 0.339 e. The van der Waals surface area contributed by atoms with Gasteiger partial charge in [-0.05, 0) is 37.3 Å². The highest BCUT2D eigenvalue weighted by Crippen LogP contribution is 2.22. The first-order chi connectivity index (χ1) is 16.5. The number of thioether (sulfide) groups is 1. The maximum Gasteiger partial charge on any atom is 0.339 e. The van der Waals surface area contributed by atoms with Crippen molar-refractivity contribution in [1.29, 1.82) is 0 Å². The zero-order valence-electron chi connectivity index (χ0n) is 18.9. The van der Waals surface area contributed by atoms with Gasteiger partial charge in [-0.1, -0.05) is 30.0 Å². The highest BCUT2D eigenvalue weighted by molar-refractivity contribution is 7.99. The molecule has 0 aliphatic rings. The molecule has 0 saturated heterocycles. The number of carbonyl (C=O) groups excluding carboxylic acids is 3. The van der Waals surface area contributed by atoms with E-state index >= 15 is 0 Å². The van der Waals surface area contributed by atoms with Crippen molar-refractivity contribution in [2.75, 3.05) is 25.3 Å². The Morgan fingerprint density at radius 2 is 1.74 bits per heavy atom. The monoisotopic (exact) mass is 484 g/mol. The van der Waals surface area contributed by atoms with Crippen LogP contribution in [0.1, 0.15) is 33.5 Å². The molecule has 178 valence electrons. The third-order valence-corrected chi connectivity index (χ3v) is 5.64. The van der Waals surface area contributed by atoms with Crippen LogP contribution in [0.3, 0.4) is 0 Å². The Bertz CT molecular complexity index is 1170. The molecule has 3 rings (SSSR count). The average molecular weight is 485 g/mol. The summed E-state index contributed by atoms with van der Waals surface area (Å²) in [7, 11) is 2.48. The number of nitrogens with zero attached hydrogens (tertiary/aromatic N) is 3. The summed E-state index contributed by atoms with van der Waals surface area (Å²) in [6.45, 7) is 2.78. The van der Waals surface area contributed by atoms with Crippen molar-refractivity contribution in [3.05, 3.63) is 65.5 Å². The first-order valence-electron chi connectivity index (χ1n) is 10.3. The SMILES string of the molecule is CCn1c(COc2ccccc2)nnc1SCC(=O)Nc1cc(C(=O)OC)ccc1C(=O)OC. The lowest BCUT2D eigenvalue weighted by molar-refractivity contribution is -0.113. The summed E-state index contributed by atoms with van der Waals surface area (Å²) in [5.74, 6) is -0.285. The minimum Gasteiger partial charge on any atom is -0.486 e. The maximum atomic E-state index is 12.6. The standard InChI is InChI=1S/C23H24N4O6S/c1-4-27-19(13-33-16-8-6-5-7-9-16)25-26-23(27)34-14-20(28)24-18-12-15(21(29)31-2)10-11-17(18)22(30)32-3/h5-12H,4,13-14H2,1-3H3,(H,24,28). The molecular formula is C23H24N4O6S. The molecule has 34 heavy (non-hydrogen) atoms. The summed E-state index contributed by atoms with van der Waals surface area (Å²) in [6.07, 6.45) is 0. The first-order valence-corrected chi connectivity index (χ1v) is 11.3. The molecule has 1 heterocycles. The molecule has 3 aromatic rings. The van der Waals surface area contributed by atoms with E-state index in [-0.39, 0.29) is 29.2 Å². The lowest BCUT2D eigenvalue weighted by Gasteiger charge is -2.12. The van der Waals surface area contributed by atoms with Gasteiger partial charge in [-0.2, -0.15) is 0 Å². The van der Waals surface area contributed by atoms with E-state index in [0.29, 0.717) is 17.5 Å². The van der Waals surface area contributed by atoms with Crippen LogP contribution in [-0.4, -0.2) is 52.6 Å². The summed E-state index contributed by atoms with van der Waals surface area (Å²) in [4.78, 5) is 36.5. The third kappa shape index (κ3) is 6.13. The van der Waals surface area contributed by atoms with Crippen LogP contribution >= 0.6 is 11.8 Å². The molecule has 0 unspecified atom stereocenters. The Morgan fingerprint density at radius 1 is 1.00 bits per heavy atom. The number of rotatable bonds is 10. The molecule has 0 atom stereocenters. The van der Waals surface area contributed by atoms with Gasteiger partial charge in [0.05, 0.1) is 36.8 Å². The summed E-state index contributed by atoms with van der Waals surface area (Å²) < 4.78 is 17.1. The summed E-state index contributed by atoms with van der Waals surface area (Å²) in [6, 6.07) is 13.6. The largest absolute Gasteiger partial charge is 0.486 e. The van der Waals surface area contributed by atoms with Crippen molar-refractivity contribution < 1.29 is 28.6 Å². The van der Waals surface area contributed by atoms with Crippen molar-refractivity contribution >= 4 is 35.3 Å². The number of para-hydroxylation sites is 1. The molecule has 0 saturated carbocycles. The molecule has 0 aliphatic carbocycles. The Balaban J connectivity index is 1.67. The van der Waals surface area contributed by atoms with Crippen molar-refractivity contribution in [3.63, 3.8) is 0 Å². The van der Waals surface area contributed by atoms with Crippen LogP contribution in [0.15, 0.2) is 53.7 Å². The van der Waals surface area contributed by atoms with E-state index in [9.17, 15) is 14.4 Å². The van der Waals surface area contributed by atoms with Gasteiger partial charge >= 0.3 is 11.9 Å². The van der Waals surface area contributed by atoms with Crippen LogP contribution < -0.4 is 10.1 Å². The normalized spacial score (nSPS) is 10.4. The van der Waals surface area contributed by atoms with Crippen LogP contribution in [0, 0.1) is 0 Å². The van der Waals surface area contributed by atoms with Crippen LogP contribution in [0.5, 0.6) is 5.75 Å². The number of benzene rings is 2. The summed E-state index contributed by atoms with van der Waals surface area (Å²) in [5.41, 5.74) is 0.451. The lowest BCUT2D eigenvalue weighted by Crippen LogP contribution is -2.18. The molecule has 1 aromatic heterocycles. The Morgan fingerprint density at radius 3 is 2.41 bits per heavy atom. The number of esters is 2. The van der Waals surface area contributed by atoms with Gasteiger partial charge in [-0.3, -0.25) is 4.79 Å². The third-order valence-electron chi connectivity index (χ3n) is 4.67.